The summed E-state index contributed by atoms with van der Waals surface area (Å²) in [5, 5.41) is 10.2. The Morgan fingerprint density at radius 2 is 1.62 bits per heavy atom. The van der Waals surface area contributed by atoms with Gasteiger partial charge in [0, 0.05) is 29.1 Å². The van der Waals surface area contributed by atoms with Crippen molar-refractivity contribution in [1.82, 2.24) is 19.5 Å². The lowest BCUT2D eigenvalue weighted by Crippen LogP contribution is -2.58. The van der Waals surface area contributed by atoms with Gasteiger partial charge in [-0.1, -0.05) is 54.6 Å². The van der Waals surface area contributed by atoms with Crippen LogP contribution in [0.15, 0.2) is 67.0 Å². The van der Waals surface area contributed by atoms with Crippen molar-refractivity contribution in [2.45, 2.75) is 37.6 Å². The second-order valence-corrected chi connectivity index (χ2v) is 9.02. The number of ether oxygens (including phenoxy) is 1. The number of fused-ring (bicyclic) bond motifs is 3. The summed E-state index contributed by atoms with van der Waals surface area (Å²) in [6, 6.07) is 18.1. The maximum Gasteiger partial charge on any atom is 0.246 e. The van der Waals surface area contributed by atoms with E-state index in [0.29, 0.717) is 31.1 Å². The molecule has 1 saturated carbocycles. The van der Waals surface area contributed by atoms with Crippen molar-refractivity contribution in [2.75, 3.05) is 0 Å². The molecule has 32 heavy (non-hydrogen) atoms. The van der Waals surface area contributed by atoms with E-state index in [1.165, 1.54) is 0 Å². The molecule has 1 aliphatic heterocycles. The maximum absolute atomic E-state index is 10.2. The molecule has 2 aliphatic rings. The van der Waals surface area contributed by atoms with Crippen LogP contribution in [0, 0.1) is 0 Å². The van der Waals surface area contributed by atoms with Crippen molar-refractivity contribution in [3.8, 4) is 39.9 Å². The maximum atomic E-state index is 10.2. The molecule has 0 radical (unpaired) electrons. The molecule has 6 rings (SSSR count). The van der Waals surface area contributed by atoms with E-state index in [9.17, 15) is 5.11 Å². The van der Waals surface area contributed by atoms with Crippen LogP contribution in [0.3, 0.4) is 0 Å². The molecule has 0 spiro atoms. The molecular weight excluding hydrogens is 402 g/mol. The van der Waals surface area contributed by atoms with Crippen LogP contribution >= 0.6 is 0 Å². The summed E-state index contributed by atoms with van der Waals surface area (Å²) < 4.78 is 7.79. The first-order valence-electron chi connectivity index (χ1n) is 10.7. The van der Waals surface area contributed by atoms with E-state index < -0.39 is 11.1 Å². The van der Waals surface area contributed by atoms with Gasteiger partial charge in [-0.2, -0.15) is 0 Å². The van der Waals surface area contributed by atoms with Crippen LogP contribution in [0.25, 0.3) is 34.0 Å². The van der Waals surface area contributed by atoms with Gasteiger partial charge in [0.25, 0.3) is 0 Å². The van der Waals surface area contributed by atoms with Crippen molar-refractivity contribution in [3.63, 3.8) is 0 Å². The second-order valence-electron chi connectivity index (χ2n) is 9.02. The zero-order valence-electron chi connectivity index (χ0n) is 17.7. The molecule has 160 valence electrons. The lowest BCUT2D eigenvalue weighted by atomic mass is 9.63. The van der Waals surface area contributed by atoms with Crippen molar-refractivity contribution in [1.29, 1.82) is 0 Å². The van der Waals surface area contributed by atoms with Crippen LogP contribution in [-0.4, -0.2) is 30.2 Å². The SMILES string of the molecule is C[C@]1(O)C[C@](N)(c2ccc(-c3nc4c(nc3-c3ccccc3)OCn3ccnc3-4)cc2)C1. The highest BCUT2D eigenvalue weighted by Gasteiger charge is 2.49. The van der Waals surface area contributed by atoms with Gasteiger partial charge in [-0.05, 0) is 25.3 Å². The molecule has 0 bridgehead atoms. The molecule has 0 amide bonds. The van der Waals surface area contributed by atoms with Crippen LogP contribution in [0.2, 0.25) is 0 Å². The highest BCUT2D eigenvalue weighted by Crippen LogP contribution is 2.46. The number of hydrogen-bond donors (Lipinski definition) is 2. The fourth-order valence-electron chi connectivity index (χ4n) is 4.90. The first-order valence-corrected chi connectivity index (χ1v) is 10.7. The Morgan fingerprint density at radius 3 is 2.34 bits per heavy atom. The third kappa shape index (κ3) is 3.01. The Morgan fingerprint density at radius 1 is 0.938 bits per heavy atom. The molecule has 0 saturated heterocycles. The molecule has 3 N–H and O–H groups in total. The number of imidazole rings is 1. The van der Waals surface area contributed by atoms with Crippen molar-refractivity contribution in [3.05, 3.63) is 72.6 Å². The molecule has 2 aromatic carbocycles. The van der Waals surface area contributed by atoms with E-state index in [2.05, 4.69) is 4.98 Å². The van der Waals surface area contributed by atoms with E-state index in [1.807, 2.05) is 72.3 Å². The summed E-state index contributed by atoms with van der Waals surface area (Å²) >= 11 is 0. The third-order valence-corrected chi connectivity index (χ3v) is 6.30. The Kier molecular flexibility index (Phi) is 4.02. The van der Waals surface area contributed by atoms with E-state index in [1.54, 1.807) is 6.20 Å². The van der Waals surface area contributed by atoms with E-state index >= 15 is 0 Å². The summed E-state index contributed by atoms with van der Waals surface area (Å²) in [6.07, 6.45) is 4.71. The average molecular weight is 425 g/mol. The third-order valence-electron chi connectivity index (χ3n) is 6.30. The number of hydrogen-bond acceptors (Lipinski definition) is 6. The Balaban J connectivity index is 1.47. The highest BCUT2D eigenvalue weighted by molar-refractivity contribution is 5.81. The fourth-order valence-corrected chi connectivity index (χ4v) is 4.90. The lowest BCUT2D eigenvalue weighted by Gasteiger charge is -2.49. The Labute approximate surface area is 185 Å². The zero-order valence-corrected chi connectivity index (χ0v) is 17.7. The van der Waals surface area contributed by atoms with Gasteiger partial charge in [-0.25, -0.2) is 15.0 Å². The number of nitrogens with zero attached hydrogens (tertiary/aromatic N) is 4. The minimum Gasteiger partial charge on any atom is -0.454 e. The molecule has 1 aliphatic carbocycles. The number of benzene rings is 2. The molecular formula is C25H23N5O2. The van der Waals surface area contributed by atoms with Crippen LogP contribution in [0.5, 0.6) is 5.88 Å². The summed E-state index contributed by atoms with van der Waals surface area (Å²) in [7, 11) is 0. The monoisotopic (exact) mass is 425 g/mol. The number of aliphatic hydroxyl groups is 1. The predicted molar refractivity (Wildman–Crippen MR) is 120 cm³/mol. The Bertz CT molecular complexity index is 1300. The summed E-state index contributed by atoms with van der Waals surface area (Å²) in [5.74, 6) is 1.23. The first kappa shape index (κ1) is 19.2. The summed E-state index contributed by atoms with van der Waals surface area (Å²) in [4.78, 5) is 14.3. The van der Waals surface area contributed by atoms with Gasteiger partial charge in [0.05, 0.1) is 11.3 Å². The van der Waals surface area contributed by atoms with Crippen LogP contribution in [0.1, 0.15) is 25.3 Å². The molecule has 3 heterocycles. The average Bonchev–Trinajstić information content (AvgIpc) is 3.27. The molecule has 4 aromatic rings. The number of nitrogens with two attached hydrogens (primary N) is 1. The van der Waals surface area contributed by atoms with Crippen LogP contribution < -0.4 is 10.5 Å². The fraction of sp³-hybridized carbons (Fsp3) is 0.240. The van der Waals surface area contributed by atoms with Gasteiger partial charge in [0.15, 0.2) is 18.2 Å². The zero-order chi connectivity index (χ0) is 21.9. The van der Waals surface area contributed by atoms with Crippen molar-refractivity contribution >= 4 is 0 Å². The standard InChI is InChI=1S/C25H23N5O2/c1-24(31)13-25(26,14-24)18-9-7-17(8-10-18)19-20(16-5-3-2-4-6-16)29-23-21(28-19)22-27-11-12-30(22)15-32-23/h2-12,31H,13-15,26H2,1H3/t24-,25+. The molecule has 7 heteroatoms. The summed E-state index contributed by atoms with van der Waals surface area (Å²) in [5.41, 5.74) is 10.4. The number of rotatable bonds is 3. The minimum atomic E-state index is -0.695. The largest absolute Gasteiger partial charge is 0.454 e. The molecule has 2 aromatic heterocycles. The molecule has 0 atom stereocenters. The van der Waals surface area contributed by atoms with Gasteiger partial charge in [-0.15, -0.1) is 0 Å². The number of aromatic nitrogens is 4. The van der Waals surface area contributed by atoms with E-state index in [-0.39, 0.29) is 0 Å². The van der Waals surface area contributed by atoms with Gasteiger partial charge in [-0.3, -0.25) is 4.57 Å². The molecule has 1 fully saturated rings. The lowest BCUT2D eigenvalue weighted by molar-refractivity contribution is -0.0738. The highest BCUT2D eigenvalue weighted by atomic mass is 16.5. The van der Waals surface area contributed by atoms with Gasteiger partial charge < -0.3 is 15.6 Å². The Hall–Kier alpha value is -3.55. The van der Waals surface area contributed by atoms with Crippen molar-refractivity contribution < 1.29 is 9.84 Å². The quantitative estimate of drug-likeness (QED) is 0.519. The smallest absolute Gasteiger partial charge is 0.246 e. The van der Waals surface area contributed by atoms with E-state index in [0.717, 1.165) is 33.9 Å². The predicted octanol–water partition coefficient (Wildman–Crippen LogP) is 3.72. The normalized spacial score (nSPS) is 23.6. The van der Waals surface area contributed by atoms with Gasteiger partial charge >= 0.3 is 0 Å². The second kappa shape index (κ2) is 6.72. The van der Waals surface area contributed by atoms with Crippen LogP contribution in [0.4, 0.5) is 0 Å². The molecule has 7 nitrogen and oxygen atoms in total. The summed E-state index contributed by atoms with van der Waals surface area (Å²) in [6.45, 7) is 2.19. The first-order chi connectivity index (χ1) is 15.4. The molecule has 0 unspecified atom stereocenters. The minimum absolute atomic E-state index is 0.363. The van der Waals surface area contributed by atoms with Crippen molar-refractivity contribution in [2.24, 2.45) is 5.73 Å². The van der Waals surface area contributed by atoms with Crippen LogP contribution in [-0.2, 0) is 12.3 Å². The van der Waals surface area contributed by atoms with E-state index in [4.69, 9.17) is 20.4 Å². The van der Waals surface area contributed by atoms with Gasteiger partial charge in [0.1, 0.15) is 5.69 Å². The topological polar surface area (TPSA) is 99.1 Å². The van der Waals surface area contributed by atoms with Gasteiger partial charge in [0.2, 0.25) is 5.88 Å².